The van der Waals surface area contributed by atoms with Crippen molar-refractivity contribution >= 4 is 95.5 Å². The first-order chi connectivity index (χ1) is 33.5. The molecule has 6 N–H and O–H groups in total. The summed E-state index contributed by atoms with van der Waals surface area (Å²) < 4.78 is 38.9. The number of benzene rings is 5. The van der Waals surface area contributed by atoms with Crippen LogP contribution in [0.4, 0.5) is 31.8 Å². The summed E-state index contributed by atoms with van der Waals surface area (Å²) in [5.74, 6) is 0.426. The number of aliphatic hydroxyl groups excluding tert-OH is 2. The summed E-state index contributed by atoms with van der Waals surface area (Å²) in [6.07, 6.45) is 0.304. The number of carbonyl (C=O) groups is 1. The number of fused-ring (bicyclic) bond motifs is 2. The lowest BCUT2D eigenvalue weighted by Gasteiger charge is -2.14. The first-order valence-corrected chi connectivity index (χ1v) is 23.5. The minimum atomic E-state index is -1.16. The SMILES string of the molecule is O=C(NCCO)c1nc2c(Nc3ccc(OCc4cccc(F)c4)c(Cl)c3)nc(C(O)CNCc3ccc(-c4nc5c(Nc6ccc(OCc7cccc(F)c7)c(Cl)c6)ncnc5s4)cc3)nc2s1. The molecule has 0 radical (unpaired) electrons. The molecule has 1 atom stereocenters. The highest BCUT2D eigenvalue weighted by molar-refractivity contribution is 7.21. The van der Waals surface area contributed by atoms with E-state index in [1.54, 1.807) is 60.7 Å². The van der Waals surface area contributed by atoms with Crippen molar-refractivity contribution in [2.24, 2.45) is 0 Å². The van der Waals surface area contributed by atoms with Crippen molar-refractivity contribution in [1.29, 1.82) is 0 Å². The second-order valence-corrected chi connectivity index (χ2v) is 18.0. The molecule has 0 fully saturated rings. The van der Waals surface area contributed by atoms with Gasteiger partial charge in [-0.1, -0.05) is 94.4 Å². The summed E-state index contributed by atoms with van der Waals surface area (Å²) >= 11 is 15.6. The van der Waals surface area contributed by atoms with Crippen LogP contribution in [0.5, 0.6) is 11.5 Å². The molecular formula is C48H38Cl2F2N10O5S2. The average Bonchev–Trinajstić information content (AvgIpc) is 3.99. The molecule has 21 heteroatoms. The maximum Gasteiger partial charge on any atom is 0.280 e. The van der Waals surface area contributed by atoms with Gasteiger partial charge in [0.15, 0.2) is 22.5 Å². The van der Waals surface area contributed by atoms with Gasteiger partial charge in [0.05, 0.1) is 16.7 Å². The summed E-state index contributed by atoms with van der Waals surface area (Å²) in [5.41, 5.74) is 5.18. The molecule has 15 nitrogen and oxygen atoms in total. The molecule has 0 bridgehead atoms. The Balaban J connectivity index is 0.843. The van der Waals surface area contributed by atoms with E-state index in [0.717, 1.165) is 27.5 Å². The van der Waals surface area contributed by atoms with Crippen LogP contribution in [0.25, 0.3) is 31.3 Å². The van der Waals surface area contributed by atoms with E-state index in [4.69, 9.17) is 37.7 Å². The normalized spacial score (nSPS) is 11.7. The predicted molar refractivity (Wildman–Crippen MR) is 263 cm³/mol. The molecule has 4 heterocycles. The summed E-state index contributed by atoms with van der Waals surface area (Å²) in [5, 5.41) is 34.4. The Labute approximate surface area is 410 Å². The number of nitrogens with zero attached hydrogens (tertiary/aromatic N) is 6. The number of rotatable bonds is 19. The number of carbonyl (C=O) groups excluding carboxylic acids is 1. The number of nitrogens with one attached hydrogen (secondary N) is 4. The Kier molecular flexibility index (Phi) is 14.7. The first-order valence-electron chi connectivity index (χ1n) is 21.1. The van der Waals surface area contributed by atoms with Crippen molar-refractivity contribution in [1.82, 2.24) is 40.5 Å². The van der Waals surface area contributed by atoms with Gasteiger partial charge in [-0.05, 0) is 77.4 Å². The van der Waals surface area contributed by atoms with E-state index in [1.807, 2.05) is 24.3 Å². The van der Waals surface area contributed by atoms with Crippen LogP contribution in [-0.4, -0.2) is 65.7 Å². The van der Waals surface area contributed by atoms with Crippen molar-refractivity contribution in [2.75, 3.05) is 30.3 Å². The molecule has 0 aliphatic rings. The highest BCUT2D eigenvalue weighted by Crippen LogP contribution is 2.36. The van der Waals surface area contributed by atoms with Gasteiger partial charge in [-0.25, -0.2) is 38.7 Å². The second kappa shape index (κ2) is 21.5. The molecule has 4 aromatic heterocycles. The fourth-order valence-electron chi connectivity index (χ4n) is 6.84. The Morgan fingerprint density at radius 1 is 0.696 bits per heavy atom. The Morgan fingerprint density at radius 3 is 1.96 bits per heavy atom. The van der Waals surface area contributed by atoms with Gasteiger partial charge in [0.2, 0.25) is 0 Å². The third-order valence-corrected chi connectivity index (χ3v) is 12.7. The third-order valence-electron chi connectivity index (χ3n) is 10.2. The minimum Gasteiger partial charge on any atom is -0.487 e. The van der Waals surface area contributed by atoms with Crippen molar-refractivity contribution in [2.45, 2.75) is 25.9 Å². The number of anilines is 4. The molecule has 0 saturated carbocycles. The topological polar surface area (TPSA) is 201 Å². The molecule has 0 saturated heterocycles. The van der Waals surface area contributed by atoms with Gasteiger partial charge in [-0.15, -0.1) is 0 Å². The molecule has 0 aliphatic heterocycles. The molecule has 1 amide bonds. The van der Waals surface area contributed by atoms with Crippen LogP contribution in [0.15, 0.2) is 116 Å². The molecule has 9 aromatic rings. The lowest BCUT2D eigenvalue weighted by molar-refractivity contribution is 0.0944. The quantitative estimate of drug-likeness (QED) is 0.0447. The van der Waals surface area contributed by atoms with Gasteiger partial charge in [-0.2, -0.15) is 0 Å². The highest BCUT2D eigenvalue weighted by Gasteiger charge is 2.22. The number of hydrogen-bond acceptors (Lipinski definition) is 16. The minimum absolute atomic E-state index is 0.0411. The maximum absolute atomic E-state index is 13.7. The van der Waals surface area contributed by atoms with Gasteiger partial charge in [0, 0.05) is 36.6 Å². The molecular weight excluding hydrogens is 970 g/mol. The van der Waals surface area contributed by atoms with Gasteiger partial charge < -0.3 is 41.0 Å². The Morgan fingerprint density at radius 2 is 1.33 bits per heavy atom. The zero-order valence-corrected chi connectivity index (χ0v) is 39.1. The van der Waals surface area contributed by atoms with Crippen LogP contribution in [-0.2, 0) is 19.8 Å². The molecule has 350 valence electrons. The van der Waals surface area contributed by atoms with Crippen molar-refractivity contribution in [3.05, 3.63) is 165 Å². The van der Waals surface area contributed by atoms with Crippen LogP contribution < -0.4 is 30.7 Å². The lowest BCUT2D eigenvalue weighted by atomic mass is 10.1. The van der Waals surface area contributed by atoms with E-state index in [0.29, 0.717) is 66.6 Å². The second-order valence-electron chi connectivity index (χ2n) is 15.2. The Bertz CT molecular complexity index is 3290. The number of ether oxygens (including phenoxy) is 2. The molecule has 5 aromatic carbocycles. The van der Waals surface area contributed by atoms with Gasteiger partial charge >= 0.3 is 0 Å². The average molecular weight is 1010 g/mol. The van der Waals surface area contributed by atoms with E-state index in [2.05, 4.69) is 46.2 Å². The van der Waals surface area contributed by atoms with Gasteiger partial charge in [0.1, 0.15) is 74.5 Å². The number of hydrogen-bond donors (Lipinski definition) is 6. The zero-order valence-electron chi connectivity index (χ0n) is 35.9. The summed E-state index contributed by atoms with van der Waals surface area (Å²) in [6.45, 7) is 0.552. The molecule has 0 spiro atoms. The number of aliphatic hydroxyl groups is 2. The monoisotopic (exact) mass is 1010 g/mol. The highest BCUT2D eigenvalue weighted by atomic mass is 35.5. The van der Waals surface area contributed by atoms with E-state index < -0.39 is 12.0 Å². The van der Waals surface area contributed by atoms with E-state index in [-0.39, 0.29) is 71.7 Å². The van der Waals surface area contributed by atoms with E-state index in [1.165, 1.54) is 41.9 Å². The van der Waals surface area contributed by atoms with E-state index in [9.17, 15) is 23.8 Å². The fourth-order valence-corrected chi connectivity index (χ4v) is 9.08. The van der Waals surface area contributed by atoms with Crippen LogP contribution in [0, 0.1) is 11.6 Å². The smallest absolute Gasteiger partial charge is 0.280 e. The molecule has 9 rings (SSSR count). The van der Waals surface area contributed by atoms with Gasteiger partial charge in [-0.3, -0.25) is 4.79 Å². The summed E-state index contributed by atoms with van der Waals surface area (Å²) in [6, 6.07) is 30.3. The molecule has 0 aliphatic carbocycles. The van der Waals surface area contributed by atoms with Crippen LogP contribution in [0.3, 0.4) is 0 Å². The van der Waals surface area contributed by atoms with E-state index >= 15 is 0 Å². The number of thiazole rings is 2. The number of aromatic nitrogens is 6. The van der Waals surface area contributed by atoms with Crippen LogP contribution in [0.2, 0.25) is 10.0 Å². The zero-order chi connectivity index (χ0) is 47.9. The molecule has 1 unspecified atom stereocenters. The Hall–Kier alpha value is -6.97. The van der Waals surface area contributed by atoms with Crippen LogP contribution >= 0.6 is 45.9 Å². The maximum atomic E-state index is 13.7. The lowest BCUT2D eigenvalue weighted by Crippen LogP contribution is -2.26. The fraction of sp³-hybridized carbons (Fsp3) is 0.146. The summed E-state index contributed by atoms with van der Waals surface area (Å²) in [7, 11) is 0. The first kappa shape index (κ1) is 47.1. The largest absolute Gasteiger partial charge is 0.487 e. The third kappa shape index (κ3) is 11.7. The van der Waals surface area contributed by atoms with Gasteiger partial charge in [0.25, 0.3) is 5.91 Å². The van der Waals surface area contributed by atoms with Crippen molar-refractivity contribution < 1.29 is 33.3 Å². The van der Waals surface area contributed by atoms with Crippen molar-refractivity contribution in [3.8, 4) is 22.1 Å². The standard InChI is InChI=1S/C48H38Cl2F2N10O5S2/c49-34-19-32(11-13-37(34)66-23-27-3-1-5-30(51)17-27)57-42-39-46(56-25-55-42)68-45(59-39)29-9-7-26(8-10-29)21-53-22-36(64)41-61-43(40-47(62-41)69-48(60-40)44(65)54-15-16-63)58-33-12-14-38(35(50)20-33)67-24-28-4-2-6-31(52)18-28/h1-14,17-20,25,36,53,63-64H,15-16,21-24H2,(H,54,65)(H,55,56,57)(H,58,61,62). The van der Waals surface area contributed by atoms with Crippen molar-refractivity contribution in [3.63, 3.8) is 0 Å². The van der Waals surface area contributed by atoms with Crippen LogP contribution in [0.1, 0.15) is 38.4 Å². The number of amides is 1. The number of halogens is 4. The summed E-state index contributed by atoms with van der Waals surface area (Å²) in [4.78, 5) is 41.3. The molecule has 69 heavy (non-hydrogen) atoms. The predicted octanol–water partition coefficient (Wildman–Crippen LogP) is 9.93.